The Balaban J connectivity index is 1.83. The molecule has 134 valence electrons. The normalized spacial score (nSPS) is 18.0. The molecule has 1 aliphatic rings. The highest BCUT2D eigenvalue weighted by atomic mass is 32.2. The first-order valence-corrected chi connectivity index (χ1v) is 10.7. The van der Waals surface area contributed by atoms with Gasteiger partial charge in [-0.3, -0.25) is 4.79 Å². The number of benzene rings is 1. The highest BCUT2D eigenvalue weighted by Crippen LogP contribution is 2.23. The summed E-state index contributed by atoms with van der Waals surface area (Å²) >= 11 is 1.54. The number of carbonyl (C=O) groups excluding carboxylic acids is 1. The van der Waals surface area contributed by atoms with E-state index < -0.39 is 10.0 Å². The molecule has 1 aliphatic heterocycles. The molecule has 1 amide bonds. The highest BCUT2D eigenvalue weighted by Gasteiger charge is 2.27. The lowest BCUT2D eigenvalue weighted by atomic mass is 10.2. The maximum atomic E-state index is 12.8. The lowest BCUT2D eigenvalue weighted by Crippen LogP contribution is -2.33. The van der Waals surface area contributed by atoms with E-state index in [0.717, 1.165) is 24.9 Å². The molecule has 25 heavy (non-hydrogen) atoms. The minimum absolute atomic E-state index is 0.0949. The summed E-state index contributed by atoms with van der Waals surface area (Å²) in [6, 6.07) is 8.47. The number of amides is 1. The van der Waals surface area contributed by atoms with Crippen molar-refractivity contribution in [2.75, 3.05) is 13.6 Å². The molecule has 1 atom stereocenters. The zero-order valence-electron chi connectivity index (χ0n) is 14.4. The minimum atomic E-state index is -3.64. The van der Waals surface area contributed by atoms with Gasteiger partial charge in [-0.2, -0.15) is 15.6 Å². The van der Waals surface area contributed by atoms with Crippen molar-refractivity contribution in [3.8, 4) is 0 Å². The summed E-state index contributed by atoms with van der Waals surface area (Å²) in [5.41, 5.74) is 1.38. The first-order valence-electron chi connectivity index (χ1n) is 8.28. The van der Waals surface area contributed by atoms with Crippen LogP contribution in [0.25, 0.3) is 0 Å². The van der Waals surface area contributed by atoms with Crippen LogP contribution in [-0.4, -0.2) is 43.2 Å². The van der Waals surface area contributed by atoms with Crippen LogP contribution in [0.1, 0.15) is 35.7 Å². The Morgan fingerprint density at radius 2 is 2.16 bits per heavy atom. The predicted octanol–water partition coefficient (Wildman–Crippen LogP) is 3.19. The zero-order chi connectivity index (χ0) is 18.0. The van der Waals surface area contributed by atoms with E-state index in [0.29, 0.717) is 12.1 Å². The molecule has 2 aromatic rings. The number of carbonyl (C=O) groups is 1. The highest BCUT2D eigenvalue weighted by molar-refractivity contribution is 7.89. The fraction of sp³-hybridized carbons (Fsp3) is 0.389. The van der Waals surface area contributed by atoms with Crippen LogP contribution < -0.4 is 0 Å². The Kier molecular flexibility index (Phi) is 5.27. The van der Waals surface area contributed by atoms with E-state index in [9.17, 15) is 13.2 Å². The van der Waals surface area contributed by atoms with E-state index in [2.05, 4.69) is 0 Å². The predicted molar refractivity (Wildman–Crippen MR) is 99.1 cm³/mol. The van der Waals surface area contributed by atoms with Crippen LogP contribution in [0.4, 0.5) is 0 Å². The summed E-state index contributed by atoms with van der Waals surface area (Å²) in [5.74, 6) is -0.0949. The van der Waals surface area contributed by atoms with E-state index in [-0.39, 0.29) is 16.8 Å². The number of hydrogen-bond donors (Lipinski definition) is 0. The van der Waals surface area contributed by atoms with Gasteiger partial charge >= 0.3 is 0 Å². The molecule has 0 unspecified atom stereocenters. The van der Waals surface area contributed by atoms with Crippen LogP contribution >= 0.6 is 11.3 Å². The molecule has 1 aromatic carbocycles. The Labute approximate surface area is 152 Å². The third kappa shape index (κ3) is 3.78. The van der Waals surface area contributed by atoms with E-state index in [1.165, 1.54) is 21.7 Å². The summed E-state index contributed by atoms with van der Waals surface area (Å²) in [4.78, 5) is 14.7. The third-order valence-corrected chi connectivity index (χ3v) is 7.12. The Hall–Kier alpha value is -1.70. The van der Waals surface area contributed by atoms with Crippen molar-refractivity contribution in [3.63, 3.8) is 0 Å². The van der Waals surface area contributed by atoms with Crippen molar-refractivity contribution >= 4 is 27.3 Å². The SMILES string of the molecule is C[C@@H]1CCCN1C(=O)c1cccc(S(=O)(=O)N(C)Cc2ccsc2)c1. The average molecular weight is 379 g/mol. The molecule has 5 nitrogen and oxygen atoms in total. The van der Waals surface area contributed by atoms with Crippen molar-refractivity contribution in [1.82, 2.24) is 9.21 Å². The number of hydrogen-bond acceptors (Lipinski definition) is 4. The number of likely N-dealkylation sites (tertiary alicyclic amines) is 1. The maximum absolute atomic E-state index is 12.8. The largest absolute Gasteiger partial charge is 0.336 e. The molecule has 0 radical (unpaired) electrons. The maximum Gasteiger partial charge on any atom is 0.254 e. The molecule has 0 bridgehead atoms. The summed E-state index contributed by atoms with van der Waals surface area (Å²) in [7, 11) is -2.08. The van der Waals surface area contributed by atoms with E-state index in [4.69, 9.17) is 0 Å². The topological polar surface area (TPSA) is 57.7 Å². The van der Waals surface area contributed by atoms with Crippen LogP contribution in [0.15, 0.2) is 46.0 Å². The molecule has 0 aliphatic carbocycles. The zero-order valence-corrected chi connectivity index (χ0v) is 16.0. The minimum Gasteiger partial charge on any atom is -0.336 e. The Morgan fingerprint density at radius 3 is 2.80 bits per heavy atom. The second kappa shape index (κ2) is 7.27. The van der Waals surface area contributed by atoms with Crippen molar-refractivity contribution in [3.05, 3.63) is 52.2 Å². The standard InChI is InChI=1S/C18H22N2O3S2/c1-14-5-4-9-20(14)18(21)16-6-3-7-17(11-16)25(22,23)19(2)12-15-8-10-24-13-15/h3,6-8,10-11,13-14H,4-5,9,12H2,1-2H3/t14-/m1/s1. The molecule has 3 rings (SSSR count). The van der Waals surface area contributed by atoms with E-state index in [1.54, 1.807) is 25.2 Å². The van der Waals surface area contributed by atoms with Crippen molar-refractivity contribution < 1.29 is 13.2 Å². The van der Waals surface area contributed by atoms with Gasteiger partial charge in [-0.15, -0.1) is 0 Å². The summed E-state index contributed by atoms with van der Waals surface area (Å²) < 4.78 is 27.0. The van der Waals surface area contributed by atoms with Gasteiger partial charge in [0.15, 0.2) is 0 Å². The van der Waals surface area contributed by atoms with Gasteiger partial charge < -0.3 is 4.90 Å². The number of rotatable bonds is 5. The van der Waals surface area contributed by atoms with Crippen molar-refractivity contribution in [2.24, 2.45) is 0 Å². The van der Waals surface area contributed by atoms with Gasteiger partial charge in [0.2, 0.25) is 10.0 Å². The van der Waals surface area contributed by atoms with Crippen LogP contribution in [0.2, 0.25) is 0 Å². The lowest BCUT2D eigenvalue weighted by molar-refractivity contribution is 0.0747. The van der Waals surface area contributed by atoms with Crippen molar-refractivity contribution in [2.45, 2.75) is 37.2 Å². The van der Waals surface area contributed by atoms with Gasteiger partial charge in [0.05, 0.1) is 4.90 Å². The fourth-order valence-electron chi connectivity index (χ4n) is 3.10. The molecule has 0 spiro atoms. The van der Waals surface area contributed by atoms with Crippen LogP contribution in [0.3, 0.4) is 0 Å². The molecule has 1 saturated heterocycles. The first-order chi connectivity index (χ1) is 11.9. The molecule has 2 heterocycles. The summed E-state index contributed by atoms with van der Waals surface area (Å²) in [5, 5.41) is 3.85. The van der Waals surface area contributed by atoms with E-state index in [1.807, 2.05) is 28.7 Å². The molecule has 1 fully saturated rings. The fourth-order valence-corrected chi connectivity index (χ4v) is 4.96. The Bertz CT molecular complexity index is 847. The first kappa shape index (κ1) is 18.1. The summed E-state index contributed by atoms with van der Waals surface area (Å²) in [6.45, 7) is 3.07. The van der Waals surface area contributed by atoms with Gasteiger partial charge in [0.1, 0.15) is 0 Å². The molecule has 0 saturated carbocycles. The van der Waals surface area contributed by atoms with E-state index >= 15 is 0 Å². The van der Waals surface area contributed by atoms with Crippen LogP contribution in [0.5, 0.6) is 0 Å². The van der Waals surface area contributed by atoms with Gasteiger partial charge in [-0.05, 0) is 60.4 Å². The average Bonchev–Trinajstić information content (AvgIpc) is 3.26. The van der Waals surface area contributed by atoms with Crippen molar-refractivity contribution in [1.29, 1.82) is 0 Å². The van der Waals surface area contributed by atoms with Gasteiger partial charge in [-0.25, -0.2) is 8.42 Å². The monoisotopic (exact) mass is 378 g/mol. The molecular weight excluding hydrogens is 356 g/mol. The Morgan fingerprint density at radius 1 is 1.36 bits per heavy atom. The van der Waals surface area contributed by atoms with Gasteiger partial charge in [0, 0.05) is 31.7 Å². The smallest absolute Gasteiger partial charge is 0.254 e. The molecular formula is C18H22N2O3S2. The quantitative estimate of drug-likeness (QED) is 0.803. The second-order valence-electron chi connectivity index (χ2n) is 6.41. The molecule has 0 N–H and O–H groups in total. The third-order valence-electron chi connectivity index (χ3n) is 4.59. The molecule has 1 aromatic heterocycles. The van der Waals surface area contributed by atoms with Crippen LogP contribution in [-0.2, 0) is 16.6 Å². The lowest BCUT2D eigenvalue weighted by Gasteiger charge is -2.22. The van der Waals surface area contributed by atoms with Crippen LogP contribution in [0, 0.1) is 0 Å². The molecule has 7 heteroatoms. The summed E-state index contributed by atoms with van der Waals surface area (Å²) in [6.07, 6.45) is 1.99. The van der Waals surface area contributed by atoms with Gasteiger partial charge in [-0.1, -0.05) is 6.07 Å². The van der Waals surface area contributed by atoms with Gasteiger partial charge in [0.25, 0.3) is 5.91 Å². The number of nitrogens with zero attached hydrogens (tertiary/aromatic N) is 2. The number of thiophene rings is 1. The number of sulfonamides is 1. The second-order valence-corrected chi connectivity index (χ2v) is 9.24.